The first-order valence-electron chi connectivity index (χ1n) is 7.88. The summed E-state index contributed by atoms with van der Waals surface area (Å²) in [6.07, 6.45) is 6.11. The van der Waals surface area contributed by atoms with Crippen LogP contribution in [0.3, 0.4) is 0 Å². The summed E-state index contributed by atoms with van der Waals surface area (Å²) >= 11 is 1.62. The van der Waals surface area contributed by atoms with Crippen molar-refractivity contribution < 1.29 is 4.79 Å². The first-order chi connectivity index (χ1) is 10.2. The van der Waals surface area contributed by atoms with Crippen LogP contribution in [0.2, 0.25) is 0 Å². The molecule has 4 heteroatoms. The number of rotatable bonds is 6. The van der Waals surface area contributed by atoms with Gasteiger partial charge in [-0.1, -0.05) is 31.4 Å². The van der Waals surface area contributed by atoms with Crippen molar-refractivity contribution in [2.24, 2.45) is 0 Å². The largest absolute Gasteiger partial charge is 0.353 e. The van der Waals surface area contributed by atoms with Crippen molar-refractivity contribution in [3.05, 3.63) is 29.8 Å². The van der Waals surface area contributed by atoms with E-state index in [4.69, 9.17) is 0 Å². The van der Waals surface area contributed by atoms with Crippen LogP contribution in [-0.4, -0.2) is 24.7 Å². The Bertz CT molecular complexity index is 458. The highest BCUT2D eigenvalue weighted by atomic mass is 32.2. The quantitative estimate of drug-likeness (QED) is 0.790. The lowest BCUT2D eigenvalue weighted by Gasteiger charge is -2.22. The van der Waals surface area contributed by atoms with Gasteiger partial charge in [0.05, 0.1) is 5.75 Å². The van der Waals surface area contributed by atoms with E-state index in [9.17, 15) is 4.79 Å². The van der Waals surface area contributed by atoms with E-state index in [2.05, 4.69) is 41.8 Å². The molecule has 0 spiro atoms. The second kappa shape index (κ2) is 8.44. The van der Waals surface area contributed by atoms with Gasteiger partial charge in [0.25, 0.3) is 0 Å². The van der Waals surface area contributed by atoms with Gasteiger partial charge in [0.15, 0.2) is 0 Å². The number of amides is 1. The van der Waals surface area contributed by atoms with E-state index in [-0.39, 0.29) is 5.91 Å². The highest BCUT2D eigenvalue weighted by molar-refractivity contribution is 8.00. The Balaban J connectivity index is 1.80. The fraction of sp³-hybridized carbons (Fsp3) is 0.588. The average molecular weight is 306 g/mol. The Morgan fingerprint density at radius 3 is 2.81 bits per heavy atom. The van der Waals surface area contributed by atoms with Crippen molar-refractivity contribution in [2.45, 2.75) is 56.0 Å². The van der Waals surface area contributed by atoms with Gasteiger partial charge in [0, 0.05) is 17.0 Å². The second-order valence-electron chi connectivity index (χ2n) is 5.77. The molecule has 0 heterocycles. The molecule has 1 atom stereocenters. The maximum atomic E-state index is 12.0. The summed E-state index contributed by atoms with van der Waals surface area (Å²) in [5.74, 6) is 0.674. The fourth-order valence-corrected chi connectivity index (χ4v) is 3.48. The molecule has 0 radical (unpaired) electrons. The molecule has 1 aromatic carbocycles. The lowest BCUT2D eigenvalue weighted by atomic mass is 9.95. The van der Waals surface area contributed by atoms with Gasteiger partial charge < -0.3 is 10.6 Å². The van der Waals surface area contributed by atoms with Gasteiger partial charge in [0.2, 0.25) is 5.91 Å². The van der Waals surface area contributed by atoms with Crippen LogP contribution in [-0.2, 0) is 4.79 Å². The first-order valence-corrected chi connectivity index (χ1v) is 8.87. The summed E-state index contributed by atoms with van der Waals surface area (Å²) in [6.45, 7) is 2.14. The Morgan fingerprint density at radius 2 is 2.10 bits per heavy atom. The normalized spacial score (nSPS) is 17.4. The third kappa shape index (κ3) is 5.36. The molecule has 116 valence electrons. The van der Waals surface area contributed by atoms with Gasteiger partial charge in [-0.15, -0.1) is 11.8 Å². The molecular formula is C17H26N2OS. The zero-order chi connectivity index (χ0) is 15.1. The minimum Gasteiger partial charge on any atom is -0.353 e. The van der Waals surface area contributed by atoms with Crippen molar-refractivity contribution in [3.63, 3.8) is 0 Å². The number of hydrogen-bond donors (Lipinski definition) is 2. The Labute approximate surface area is 132 Å². The number of benzene rings is 1. The summed E-state index contributed by atoms with van der Waals surface area (Å²) in [4.78, 5) is 13.2. The maximum Gasteiger partial charge on any atom is 0.230 e. The topological polar surface area (TPSA) is 41.1 Å². The predicted octanol–water partition coefficient (Wildman–Crippen LogP) is 3.51. The van der Waals surface area contributed by atoms with Gasteiger partial charge >= 0.3 is 0 Å². The summed E-state index contributed by atoms with van der Waals surface area (Å²) in [6, 6.07) is 9.16. The molecule has 0 bridgehead atoms. The maximum absolute atomic E-state index is 12.0. The van der Waals surface area contributed by atoms with E-state index in [1.54, 1.807) is 11.8 Å². The zero-order valence-electron chi connectivity index (χ0n) is 13.0. The van der Waals surface area contributed by atoms with Gasteiger partial charge in [-0.25, -0.2) is 0 Å². The standard InChI is InChI=1S/C17H26N2OS/c1-13(18-2)14-7-6-10-16(11-14)21-12-17(20)19-15-8-4-3-5-9-15/h6-7,10-11,13,15,18H,3-5,8-9,12H2,1-2H3,(H,19,20). The van der Waals surface area contributed by atoms with Crippen LogP contribution in [0, 0.1) is 0 Å². The summed E-state index contributed by atoms with van der Waals surface area (Å²) in [5.41, 5.74) is 1.26. The SMILES string of the molecule is CNC(C)c1cccc(SCC(=O)NC2CCCCC2)c1. The molecule has 0 aliphatic heterocycles. The predicted molar refractivity (Wildman–Crippen MR) is 89.7 cm³/mol. The Kier molecular flexibility index (Phi) is 6.58. The van der Waals surface area contributed by atoms with Crippen LogP contribution in [0.5, 0.6) is 0 Å². The molecule has 1 aromatic rings. The number of carbonyl (C=O) groups is 1. The van der Waals surface area contributed by atoms with Crippen LogP contribution in [0.1, 0.15) is 50.6 Å². The molecule has 1 saturated carbocycles. The monoisotopic (exact) mass is 306 g/mol. The fourth-order valence-electron chi connectivity index (χ4n) is 2.71. The van der Waals surface area contributed by atoms with E-state index >= 15 is 0 Å². The highest BCUT2D eigenvalue weighted by Gasteiger charge is 2.15. The van der Waals surface area contributed by atoms with Crippen LogP contribution in [0.4, 0.5) is 0 Å². The number of thioether (sulfide) groups is 1. The molecule has 0 aromatic heterocycles. The third-order valence-electron chi connectivity index (χ3n) is 4.13. The van der Waals surface area contributed by atoms with Gasteiger partial charge in [-0.2, -0.15) is 0 Å². The van der Waals surface area contributed by atoms with Crippen LogP contribution < -0.4 is 10.6 Å². The van der Waals surface area contributed by atoms with E-state index < -0.39 is 0 Å². The van der Waals surface area contributed by atoms with Crippen molar-refractivity contribution in [3.8, 4) is 0 Å². The zero-order valence-corrected chi connectivity index (χ0v) is 13.8. The average Bonchev–Trinajstić information content (AvgIpc) is 2.53. The van der Waals surface area contributed by atoms with Crippen molar-refractivity contribution in [2.75, 3.05) is 12.8 Å². The second-order valence-corrected chi connectivity index (χ2v) is 6.82. The summed E-state index contributed by atoms with van der Waals surface area (Å²) < 4.78 is 0. The molecule has 2 N–H and O–H groups in total. The molecule has 1 unspecified atom stereocenters. The van der Waals surface area contributed by atoms with E-state index in [1.807, 2.05) is 7.05 Å². The minimum atomic E-state index is 0.166. The van der Waals surface area contributed by atoms with Crippen molar-refractivity contribution >= 4 is 17.7 Å². The Morgan fingerprint density at radius 1 is 1.33 bits per heavy atom. The van der Waals surface area contributed by atoms with Gasteiger partial charge in [-0.3, -0.25) is 4.79 Å². The molecule has 1 amide bonds. The summed E-state index contributed by atoms with van der Waals surface area (Å²) in [7, 11) is 1.96. The molecule has 1 aliphatic rings. The summed E-state index contributed by atoms with van der Waals surface area (Å²) in [5, 5.41) is 6.40. The molecule has 1 fully saturated rings. The molecule has 2 rings (SSSR count). The number of carbonyl (C=O) groups excluding carboxylic acids is 1. The van der Waals surface area contributed by atoms with E-state index in [1.165, 1.54) is 24.8 Å². The minimum absolute atomic E-state index is 0.166. The highest BCUT2D eigenvalue weighted by Crippen LogP contribution is 2.22. The van der Waals surface area contributed by atoms with Crippen LogP contribution >= 0.6 is 11.8 Å². The van der Waals surface area contributed by atoms with Crippen LogP contribution in [0.25, 0.3) is 0 Å². The van der Waals surface area contributed by atoms with Crippen molar-refractivity contribution in [1.29, 1.82) is 0 Å². The Hall–Kier alpha value is -1.00. The third-order valence-corrected chi connectivity index (χ3v) is 5.13. The number of hydrogen-bond acceptors (Lipinski definition) is 3. The van der Waals surface area contributed by atoms with E-state index in [0.717, 1.165) is 17.7 Å². The van der Waals surface area contributed by atoms with Crippen molar-refractivity contribution in [1.82, 2.24) is 10.6 Å². The first kappa shape index (κ1) is 16.4. The lowest BCUT2D eigenvalue weighted by molar-refractivity contribution is -0.119. The smallest absolute Gasteiger partial charge is 0.230 e. The van der Waals surface area contributed by atoms with Gasteiger partial charge in [-0.05, 0) is 44.5 Å². The molecule has 0 saturated heterocycles. The van der Waals surface area contributed by atoms with Gasteiger partial charge in [0.1, 0.15) is 0 Å². The molecule has 3 nitrogen and oxygen atoms in total. The molecule has 21 heavy (non-hydrogen) atoms. The lowest BCUT2D eigenvalue weighted by Crippen LogP contribution is -2.37. The van der Waals surface area contributed by atoms with E-state index in [0.29, 0.717) is 17.8 Å². The molecule has 1 aliphatic carbocycles. The van der Waals surface area contributed by atoms with Crippen LogP contribution in [0.15, 0.2) is 29.2 Å². The molecular weight excluding hydrogens is 280 g/mol. The number of nitrogens with one attached hydrogen (secondary N) is 2.